The average molecular weight is 317 g/mol. The third kappa shape index (κ3) is 5.37. The predicted octanol–water partition coefficient (Wildman–Crippen LogP) is 3.30. The second kappa shape index (κ2) is 8.38. The summed E-state index contributed by atoms with van der Waals surface area (Å²) < 4.78 is 5.44. The monoisotopic (exact) mass is 317 g/mol. The number of hydrogen-bond acceptors (Lipinski definition) is 5. The molecule has 6 heteroatoms. The van der Waals surface area contributed by atoms with Gasteiger partial charge in [0.05, 0.1) is 12.4 Å². The van der Waals surface area contributed by atoms with E-state index in [0.717, 1.165) is 17.7 Å². The molecule has 0 aliphatic heterocycles. The topological polar surface area (TPSA) is 64.1 Å². The fourth-order valence-corrected chi connectivity index (χ4v) is 2.27. The van der Waals surface area contributed by atoms with E-state index in [9.17, 15) is 4.79 Å². The molecule has 0 atom stereocenters. The molecule has 1 heterocycles. The maximum Gasteiger partial charge on any atom is 0.234 e. The first-order valence-corrected chi connectivity index (χ1v) is 8.11. The van der Waals surface area contributed by atoms with Crippen LogP contribution in [-0.2, 0) is 4.79 Å². The van der Waals surface area contributed by atoms with E-state index >= 15 is 0 Å². The highest BCUT2D eigenvalue weighted by Gasteiger charge is 2.06. The van der Waals surface area contributed by atoms with Gasteiger partial charge in [-0.3, -0.25) is 4.79 Å². The van der Waals surface area contributed by atoms with Gasteiger partial charge in [0, 0.05) is 18.0 Å². The second-order valence-corrected chi connectivity index (χ2v) is 5.67. The summed E-state index contributed by atoms with van der Waals surface area (Å²) in [5, 5.41) is 3.38. The molecule has 0 fully saturated rings. The largest absolute Gasteiger partial charge is 0.478 e. The molecule has 0 unspecified atom stereocenters. The fourth-order valence-electron chi connectivity index (χ4n) is 1.65. The van der Waals surface area contributed by atoms with Crippen molar-refractivity contribution in [1.82, 2.24) is 9.97 Å². The summed E-state index contributed by atoms with van der Waals surface area (Å²) in [6.45, 7) is 4.66. The van der Waals surface area contributed by atoms with E-state index in [2.05, 4.69) is 15.3 Å². The predicted molar refractivity (Wildman–Crippen MR) is 88.4 cm³/mol. The molecule has 0 aliphatic rings. The summed E-state index contributed by atoms with van der Waals surface area (Å²) in [7, 11) is 0. The molecule has 116 valence electrons. The van der Waals surface area contributed by atoms with Crippen LogP contribution < -0.4 is 10.1 Å². The van der Waals surface area contributed by atoms with Crippen LogP contribution in [0.3, 0.4) is 0 Å². The minimum absolute atomic E-state index is 0.0858. The molecule has 1 aromatic carbocycles. The third-order valence-corrected chi connectivity index (χ3v) is 3.59. The molecule has 1 N–H and O–H groups in total. The van der Waals surface area contributed by atoms with E-state index in [1.165, 1.54) is 11.8 Å². The van der Waals surface area contributed by atoms with Gasteiger partial charge in [-0.1, -0.05) is 36.4 Å². The van der Waals surface area contributed by atoms with Crippen molar-refractivity contribution in [3.8, 4) is 5.88 Å². The first-order valence-electron chi connectivity index (χ1n) is 7.12. The molecule has 0 saturated carbocycles. The maximum atomic E-state index is 11.9. The van der Waals surface area contributed by atoms with Gasteiger partial charge >= 0.3 is 0 Å². The van der Waals surface area contributed by atoms with Crippen LogP contribution >= 0.6 is 11.8 Å². The number of nitrogens with one attached hydrogen (secondary N) is 1. The zero-order valence-electron chi connectivity index (χ0n) is 12.7. The van der Waals surface area contributed by atoms with Crippen LogP contribution in [0.4, 0.5) is 5.69 Å². The van der Waals surface area contributed by atoms with Crippen molar-refractivity contribution in [3.63, 3.8) is 0 Å². The molecule has 0 saturated heterocycles. The Kier molecular flexibility index (Phi) is 6.21. The Balaban J connectivity index is 1.84. The van der Waals surface area contributed by atoms with Gasteiger partial charge in [0.15, 0.2) is 5.16 Å². The first kappa shape index (κ1) is 16.3. The molecule has 2 rings (SSSR count). The Morgan fingerprint density at radius 1 is 1.27 bits per heavy atom. The van der Waals surface area contributed by atoms with Crippen LogP contribution in [0.2, 0.25) is 0 Å². The van der Waals surface area contributed by atoms with Gasteiger partial charge in [-0.05, 0) is 25.5 Å². The van der Waals surface area contributed by atoms with Crippen molar-refractivity contribution < 1.29 is 9.53 Å². The van der Waals surface area contributed by atoms with Crippen LogP contribution in [0.25, 0.3) is 0 Å². The van der Waals surface area contributed by atoms with Crippen molar-refractivity contribution in [1.29, 1.82) is 0 Å². The fraction of sp³-hybridized carbons (Fsp3) is 0.312. The Labute approximate surface area is 134 Å². The highest BCUT2D eigenvalue weighted by atomic mass is 32.2. The summed E-state index contributed by atoms with van der Waals surface area (Å²) in [6, 6.07) is 9.40. The molecular weight excluding hydrogens is 298 g/mol. The van der Waals surface area contributed by atoms with E-state index in [1.807, 2.05) is 38.1 Å². The van der Waals surface area contributed by atoms with Gasteiger partial charge in [0.2, 0.25) is 11.8 Å². The highest BCUT2D eigenvalue weighted by Crippen LogP contribution is 2.16. The number of hydrogen-bond donors (Lipinski definition) is 1. The van der Waals surface area contributed by atoms with E-state index in [-0.39, 0.29) is 11.7 Å². The number of thioether (sulfide) groups is 1. The number of amides is 1. The number of anilines is 1. The van der Waals surface area contributed by atoms with Crippen LogP contribution in [-0.4, -0.2) is 28.2 Å². The van der Waals surface area contributed by atoms with Crippen molar-refractivity contribution in [2.24, 2.45) is 0 Å². The lowest BCUT2D eigenvalue weighted by Gasteiger charge is -2.06. The lowest BCUT2D eigenvalue weighted by molar-refractivity contribution is -0.113. The van der Waals surface area contributed by atoms with Crippen molar-refractivity contribution in [2.75, 3.05) is 17.7 Å². The molecule has 0 radical (unpaired) electrons. The highest BCUT2D eigenvalue weighted by molar-refractivity contribution is 7.99. The number of carbonyl (C=O) groups is 1. The molecule has 1 aromatic heterocycles. The Morgan fingerprint density at radius 2 is 2.05 bits per heavy atom. The smallest absolute Gasteiger partial charge is 0.234 e. The summed E-state index contributed by atoms with van der Waals surface area (Å²) in [5.41, 5.74) is 1.95. The standard InChI is InChI=1S/C16H19N3O2S/c1-3-10-21-15-8-9-17-16(19-15)22-11-14(20)18-13-6-4-12(2)5-7-13/h4-9H,3,10-11H2,1-2H3,(H,18,20). The van der Waals surface area contributed by atoms with Gasteiger partial charge in [0.25, 0.3) is 0 Å². The summed E-state index contributed by atoms with van der Waals surface area (Å²) in [5.74, 6) is 0.709. The quantitative estimate of drug-likeness (QED) is 0.627. The van der Waals surface area contributed by atoms with Crippen LogP contribution in [0, 0.1) is 6.92 Å². The Morgan fingerprint density at radius 3 is 2.77 bits per heavy atom. The van der Waals surface area contributed by atoms with Crippen molar-refractivity contribution in [3.05, 3.63) is 42.1 Å². The third-order valence-electron chi connectivity index (χ3n) is 2.73. The minimum atomic E-state index is -0.0858. The summed E-state index contributed by atoms with van der Waals surface area (Å²) in [6.07, 6.45) is 2.56. The lowest BCUT2D eigenvalue weighted by Crippen LogP contribution is -2.14. The molecule has 0 aliphatic carbocycles. The van der Waals surface area contributed by atoms with Crippen LogP contribution in [0.1, 0.15) is 18.9 Å². The molecule has 2 aromatic rings. The van der Waals surface area contributed by atoms with Gasteiger partial charge in [-0.2, -0.15) is 4.98 Å². The average Bonchev–Trinajstić information content (AvgIpc) is 2.53. The first-order chi connectivity index (χ1) is 10.7. The van der Waals surface area contributed by atoms with Crippen LogP contribution in [0.15, 0.2) is 41.7 Å². The summed E-state index contributed by atoms with van der Waals surface area (Å²) >= 11 is 1.28. The van der Waals surface area contributed by atoms with E-state index in [1.54, 1.807) is 12.3 Å². The van der Waals surface area contributed by atoms with Crippen molar-refractivity contribution >= 4 is 23.4 Å². The lowest BCUT2D eigenvalue weighted by atomic mass is 10.2. The van der Waals surface area contributed by atoms with Crippen LogP contribution in [0.5, 0.6) is 5.88 Å². The Bertz CT molecular complexity index is 617. The molecular formula is C16H19N3O2S. The molecule has 0 spiro atoms. The Hall–Kier alpha value is -2.08. The van der Waals surface area contributed by atoms with Crippen molar-refractivity contribution in [2.45, 2.75) is 25.4 Å². The molecule has 5 nitrogen and oxygen atoms in total. The molecule has 0 bridgehead atoms. The SMILES string of the molecule is CCCOc1ccnc(SCC(=O)Nc2ccc(C)cc2)n1. The number of aromatic nitrogens is 2. The van der Waals surface area contributed by atoms with Gasteiger partial charge in [-0.15, -0.1) is 0 Å². The van der Waals surface area contributed by atoms with E-state index in [0.29, 0.717) is 17.6 Å². The minimum Gasteiger partial charge on any atom is -0.478 e. The number of nitrogens with zero attached hydrogens (tertiary/aromatic N) is 2. The second-order valence-electron chi connectivity index (χ2n) is 4.73. The van der Waals surface area contributed by atoms with E-state index in [4.69, 9.17) is 4.74 Å². The number of carbonyl (C=O) groups excluding carboxylic acids is 1. The number of ether oxygens (including phenoxy) is 1. The number of rotatable bonds is 7. The molecule has 22 heavy (non-hydrogen) atoms. The van der Waals surface area contributed by atoms with Gasteiger partial charge in [-0.25, -0.2) is 4.98 Å². The van der Waals surface area contributed by atoms with E-state index < -0.39 is 0 Å². The van der Waals surface area contributed by atoms with Gasteiger partial charge in [0.1, 0.15) is 0 Å². The zero-order chi connectivity index (χ0) is 15.8. The maximum absolute atomic E-state index is 11.9. The zero-order valence-corrected chi connectivity index (χ0v) is 13.5. The van der Waals surface area contributed by atoms with Gasteiger partial charge < -0.3 is 10.1 Å². The molecule has 1 amide bonds. The number of benzene rings is 1. The summed E-state index contributed by atoms with van der Waals surface area (Å²) in [4.78, 5) is 20.3. The number of aryl methyl sites for hydroxylation is 1. The normalized spacial score (nSPS) is 10.3.